The van der Waals surface area contributed by atoms with Crippen LogP contribution in [0, 0.1) is 0 Å². The number of esters is 1. The van der Waals surface area contributed by atoms with E-state index in [-0.39, 0.29) is 9.79 Å². The highest BCUT2D eigenvalue weighted by atomic mass is 32.2. The third kappa shape index (κ3) is 4.82. The summed E-state index contributed by atoms with van der Waals surface area (Å²) in [5.74, 6) is -0.308. The van der Waals surface area contributed by atoms with Gasteiger partial charge in [-0.3, -0.25) is 0 Å². The quantitative estimate of drug-likeness (QED) is 0.530. The van der Waals surface area contributed by atoms with Gasteiger partial charge in [-0.05, 0) is 48.5 Å². The van der Waals surface area contributed by atoms with Gasteiger partial charge < -0.3 is 19.3 Å². The average molecular weight is 501 g/mol. The normalized spacial score (nSPS) is 20.2. The Bertz CT molecular complexity index is 1110. The molecule has 1 heterocycles. The van der Waals surface area contributed by atoms with Gasteiger partial charge in [-0.1, -0.05) is 0 Å². The molecule has 1 N–H and O–H groups in total. The van der Waals surface area contributed by atoms with E-state index in [0.29, 0.717) is 20.1 Å². The SMILES string of the molecule is COC(=O)C1N(S(=O)(=O)c2ccc(OC)cc2)CC(O)CN1S(=O)(=O)c1ccc(OC)cc1. The molecule has 11 nitrogen and oxygen atoms in total. The van der Waals surface area contributed by atoms with E-state index in [4.69, 9.17) is 14.2 Å². The number of aliphatic hydroxyl groups is 1. The van der Waals surface area contributed by atoms with Crippen LogP contribution in [0.2, 0.25) is 0 Å². The van der Waals surface area contributed by atoms with Crippen molar-refractivity contribution in [2.75, 3.05) is 34.4 Å². The molecule has 2 aromatic carbocycles. The van der Waals surface area contributed by atoms with E-state index < -0.39 is 51.4 Å². The molecule has 0 amide bonds. The molecule has 0 aromatic heterocycles. The van der Waals surface area contributed by atoms with E-state index in [1.165, 1.54) is 62.8 Å². The lowest BCUT2D eigenvalue weighted by Crippen LogP contribution is -2.65. The first kappa shape index (κ1) is 24.9. The fourth-order valence-electron chi connectivity index (χ4n) is 3.38. The molecular weight excluding hydrogens is 476 g/mol. The number of β-amino-alcohol motifs (C(OH)–C–C–N with tert-alkyl or cyclic N) is 1. The third-order valence-corrected chi connectivity index (χ3v) is 8.74. The Hall–Kier alpha value is -2.71. The summed E-state index contributed by atoms with van der Waals surface area (Å²) in [5.41, 5.74) is 0. The van der Waals surface area contributed by atoms with Gasteiger partial charge in [0.2, 0.25) is 20.0 Å². The molecule has 13 heteroatoms. The molecule has 1 saturated heterocycles. The van der Waals surface area contributed by atoms with E-state index in [0.717, 1.165) is 7.11 Å². The van der Waals surface area contributed by atoms with Gasteiger partial charge in [0.1, 0.15) is 11.5 Å². The van der Waals surface area contributed by atoms with Crippen LogP contribution in [-0.2, 0) is 29.6 Å². The second-order valence-electron chi connectivity index (χ2n) is 7.05. The molecule has 3 rings (SSSR count). The third-order valence-electron chi connectivity index (χ3n) is 5.07. The number of benzene rings is 2. The Morgan fingerprint density at radius 3 is 1.45 bits per heavy atom. The van der Waals surface area contributed by atoms with Crippen LogP contribution in [0.3, 0.4) is 0 Å². The summed E-state index contributed by atoms with van der Waals surface area (Å²) in [6.07, 6.45) is -3.26. The molecule has 0 radical (unpaired) electrons. The van der Waals surface area contributed by atoms with Crippen molar-refractivity contribution in [3.8, 4) is 11.5 Å². The van der Waals surface area contributed by atoms with Crippen molar-refractivity contribution >= 4 is 26.0 Å². The Kier molecular flexibility index (Phi) is 7.29. The number of aliphatic hydroxyl groups excluding tert-OH is 1. The highest BCUT2D eigenvalue weighted by molar-refractivity contribution is 7.90. The monoisotopic (exact) mass is 500 g/mol. The summed E-state index contributed by atoms with van der Waals surface area (Å²) in [7, 11) is -4.99. The maximum atomic E-state index is 13.4. The molecule has 1 aliphatic rings. The van der Waals surface area contributed by atoms with Crippen molar-refractivity contribution in [1.29, 1.82) is 0 Å². The fraction of sp³-hybridized carbons (Fsp3) is 0.350. The summed E-state index contributed by atoms with van der Waals surface area (Å²) >= 11 is 0. The molecule has 0 aliphatic carbocycles. The number of carbonyl (C=O) groups is 1. The molecule has 180 valence electrons. The van der Waals surface area contributed by atoms with Crippen molar-refractivity contribution in [3.05, 3.63) is 48.5 Å². The molecule has 0 atom stereocenters. The molecule has 2 aromatic rings. The van der Waals surface area contributed by atoms with Crippen LogP contribution in [0.25, 0.3) is 0 Å². The van der Waals surface area contributed by atoms with Crippen LogP contribution in [-0.4, -0.2) is 83.2 Å². The van der Waals surface area contributed by atoms with E-state index in [1.807, 2.05) is 0 Å². The summed E-state index contributed by atoms with van der Waals surface area (Å²) in [4.78, 5) is 12.3. The first-order valence-corrected chi connectivity index (χ1v) is 12.5. The molecule has 0 unspecified atom stereocenters. The second-order valence-corrected chi connectivity index (χ2v) is 10.8. The maximum Gasteiger partial charge on any atom is 0.340 e. The number of hydrogen-bond acceptors (Lipinski definition) is 9. The van der Waals surface area contributed by atoms with Crippen molar-refractivity contribution in [3.63, 3.8) is 0 Å². The number of nitrogens with zero attached hydrogens (tertiary/aromatic N) is 2. The van der Waals surface area contributed by atoms with Crippen LogP contribution in [0.5, 0.6) is 11.5 Å². The number of methoxy groups -OCH3 is 3. The first-order valence-electron chi connectivity index (χ1n) is 9.64. The largest absolute Gasteiger partial charge is 0.497 e. The smallest absolute Gasteiger partial charge is 0.340 e. The Morgan fingerprint density at radius 2 is 1.15 bits per heavy atom. The first-order chi connectivity index (χ1) is 15.6. The number of sulfonamides is 2. The van der Waals surface area contributed by atoms with Gasteiger partial charge in [0.05, 0.1) is 37.2 Å². The number of carbonyl (C=O) groups excluding carboxylic acids is 1. The van der Waals surface area contributed by atoms with Crippen molar-refractivity contribution in [1.82, 2.24) is 8.61 Å². The zero-order valence-corrected chi connectivity index (χ0v) is 19.7. The molecular formula is C20H24N2O9S2. The van der Waals surface area contributed by atoms with Crippen LogP contribution < -0.4 is 9.47 Å². The minimum absolute atomic E-state index is 0.215. The highest BCUT2D eigenvalue weighted by Crippen LogP contribution is 2.30. The lowest BCUT2D eigenvalue weighted by Gasteiger charge is -2.42. The number of hydrogen-bond donors (Lipinski definition) is 1. The molecule has 0 spiro atoms. The van der Waals surface area contributed by atoms with Crippen LogP contribution in [0.4, 0.5) is 0 Å². The van der Waals surface area contributed by atoms with Crippen molar-refractivity contribution in [2.24, 2.45) is 0 Å². The number of rotatable bonds is 7. The van der Waals surface area contributed by atoms with E-state index in [1.54, 1.807) is 0 Å². The average Bonchev–Trinajstić information content (AvgIpc) is 2.83. The fourth-order valence-corrected chi connectivity index (χ4v) is 6.61. The second kappa shape index (κ2) is 9.65. The molecule has 1 aliphatic heterocycles. The predicted molar refractivity (Wildman–Crippen MR) is 116 cm³/mol. The Morgan fingerprint density at radius 1 is 0.788 bits per heavy atom. The Balaban J connectivity index is 2.10. The van der Waals surface area contributed by atoms with E-state index in [2.05, 4.69) is 0 Å². The number of ether oxygens (including phenoxy) is 3. The van der Waals surface area contributed by atoms with Gasteiger partial charge >= 0.3 is 5.97 Å². The zero-order valence-electron chi connectivity index (χ0n) is 18.1. The topological polar surface area (TPSA) is 140 Å². The molecule has 0 saturated carbocycles. The lowest BCUT2D eigenvalue weighted by atomic mass is 10.2. The zero-order chi connectivity index (χ0) is 24.4. The Labute approximate surface area is 192 Å². The van der Waals surface area contributed by atoms with Crippen LogP contribution in [0.15, 0.2) is 58.3 Å². The van der Waals surface area contributed by atoms with Gasteiger partial charge in [-0.25, -0.2) is 21.6 Å². The van der Waals surface area contributed by atoms with Gasteiger partial charge in [0, 0.05) is 13.1 Å². The summed E-state index contributed by atoms with van der Waals surface area (Å²) in [6, 6.07) is 10.7. The van der Waals surface area contributed by atoms with Crippen LogP contribution >= 0.6 is 0 Å². The standard InChI is InChI=1S/C20H24N2O9S2/c1-29-15-4-8-17(9-5-15)32(25,26)21-12-14(23)13-22(19(21)20(24)31-3)33(27,28)18-10-6-16(30-2)7-11-18/h4-11,14,19,23H,12-13H2,1-3H3. The van der Waals surface area contributed by atoms with Crippen molar-refractivity contribution < 1.29 is 40.9 Å². The van der Waals surface area contributed by atoms with Crippen molar-refractivity contribution in [2.45, 2.75) is 22.1 Å². The van der Waals surface area contributed by atoms with Gasteiger partial charge in [0.15, 0.2) is 6.17 Å². The van der Waals surface area contributed by atoms with Crippen LogP contribution in [0.1, 0.15) is 0 Å². The van der Waals surface area contributed by atoms with E-state index >= 15 is 0 Å². The van der Waals surface area contributed by atoms with Gasteiger partial charge in [-0.2, -0.15) is 8.61 Å². The molecule has 1 fully saturated rings. The van der Waals surface area contributed by atoms with E-state index in [9.17, 15) is 26.7 Å². The molecule has 33 heavy (non-hydrogen) atoms. The summed E-state index contributed by atoms with van der Waals surface area (Å²) in [6.45, 7) is -1.02. The summed E-state index contributed by atoms with van der Waals surface area (Å²) < 4.78 is 69.6. The minimum atomic E-state index is -4.42. The minimum Gasteiger partial charge on any atom is -0.497 e. The lowest BCUT2D eigenvalue weighted by molar-refractivity contribution is -0.152. The highest BCUT2D eigenvalue weighted by Gasteiger charge is 2.50. The van der Waals surface area contributed by atoms with Gasteiger partial charge in [-0.15, -0.1) is 0 Å². The predicted octanol–water partition coefficient (Wildman–Crippen LogP) is 0.259. The maximum absolute atomic E-state index is 13.4. The molecule has 0 bridgehead atoms. The summed E-state index contributed by atoms with van der Waals surface area (Å²) in [5, 5.41) is 10.4. The van der Waals surface area contributed by atoms with Gasteiger partial charge in [0.25, 0.3) is 0 Å².